The lowest BCUT2D eigenvalue weighted by Gasteiger charge is -2.19. The summed E-state index contributed by atoms with van der Waals surface area (Å²) in [5, 5.41) is 0.0390. The molecule has 3 aromatic rings. The highest BCUT2D eigenvalue weighted by molar-refractivity contribution is 6.60. The zero-order valence-electron chi connectivity index (χ0n) is 12.9. The van der Waals surface area contributed by atoms with Gasteiger partial charge in [0.1, 0.15) is 21.7 Å². The number of allylic oxidation sites excluding steroid dienone is 2. The summed E-state index contributed by atoms with van der Waals surface area (Å²) >= 11 is 11.8. The molecule has 1 aliphatic carbocycles. The van der Waals surface area contributed by atoms with Gasteiger partial charge in [0.15, 0.2) is 0 Å². The van der Waals surface area contributed by atoms with Gasteiger partial charge in [0.2, 0.25) is 11.6 Å². The van der Waals surface area contributed by atoms with Gasteiger partial charge in [-0.15, -0.1) is 0 Å². The first-order valence-electron chi connectivity index (χ1n) is 7.55. The van der Waals surface area contributed by atoms with Crippen LogP contribution in [0.3, 0.4) is 0 Å². The number of benzene rings is 3. The smallest absolute Gasteiger partial charge is 0.207 e. The van der Waals surface area contributed by atoms with Crippen molar-refractivity contribution in [1.82, 2.24) is 0 Å². The molecule has 128 valence electrons. The molecule has 0 N–H and O–H groups in total. The maximum absolute atomic E-state index is 13.9. The summed E-state index contributed by atoms with van der Waals surface area (Å²) in [5.41, 5.74) is 1.23. The Morgan fingerprint density at radius 2 is 1.27 bits per heavy atom. The maximum Gasteiger partial charge on any atom is 0.207 e. The third-order valence-corrected chi connectivity index (χ3v) is 5.14. The van der Waals surface area contributed by atoms with E-state index in [0.717, 1.165) is 0 Å². The Labute approximate surface area is 156 Å². The first-order chi connectivity index (χ1) is 12.4. The normalized spacial score (nSPS) is 14.2. The van der Waals surface area contributed by atoms with Crippen LogP contribution in [0.5, 0.6) is 0 Å². The van der Waals surface area contributed by atoms with Crippen LogP contribution >= 0.6 is 23.2 Å². The van der Waals surface area contributed by atoms with Crippen LogP contribution in [-0.4, -0.2) is 11.6 Å². The van der Waals surface area contributed by atoms with Crippen LogP contribution in [0.2, 0.25) is 0 Å². The number of carbonyl (C=O) groups is 2. The lowest BCUT2D eigenvalue weighted by Crippen LogP contribution is -2.18. The van der Waals surface area contributed by atoms with E-state index >= 15 is 0 Å². The molecule has 4 rings (SSSR count). The van der Waals surface area contributed by atoms with E-state index in [4.69, 9.17) is 23.2 Å². The number of carbonyl (C=O) groups excluding carboxylic acids is 2. The van der Waals surface area contributed by atoms with Crippen LogP contribution in [0.25, 0.3) is 21.9 Å². The van der Waals surface area contributed by atoms with Crippen molar-refractivity contribution in [2.45, 2.75) is 0 Å². The van der Waals surface area contributed by atoms with Crippen LogP contribution in [0.1, 0.15) is 20.7 Å². The fourth-order valence-corrected chi connectivity index (χ4v) is 3.48. The van der Waals surface area contributed by atoms with Crippen LogP contribution in [0.4, 0.5) is 8.78 Å². The van der Waals surface area contributed by atoms with Crippen molar-refractivity contribution < 1.29 is 18.4 Å². The highest BCUT2D eigenvalue weighted by atomic mass is 35.5. The number of ketones is 2. The summed E-state index contributed by atoms with van der Waals surface area (Å²) in [5.74, 6) is -2.22. The van der Waals surface area contributed by atoms with Gasteiger partial charge in [-0.2, -0.15) is 0 Å². The molecule has 0 amide bonds. The number of rotatable bonds is 1. The van der Waals surface area contributed by atoms with Gasteiger partial charge in [-0.1, -0.05) is 41.4 Å². The molecule has 0 fully saturated rings. The highest BCUT2D eigenvalue weighted by Gasteiger charge is 2.33. The molecule has 0 radical (unpaired) electrons. The number of fused-ring (bicyclic) bond motifs is 3. The molecule has 0 aliphatic heterocycles. The van der Waals surface area contributed by atoms with Gasteiger partial charge in [0.05, 0.1) is 0 Å². The Morgan fingerprint density at radius 1 is 0.654 bits per heavy atom. The van der Waals surface area contributed by atoms with Gasteiger partial charge < -0.3 is 0 Å². The largest absolute Gasteiger partial charge is 0.288 e. The molecule has 1 aliphatic rings. The van der Waals surface area contributed by atoms with Crippen molar-refractivity contribution in [1.29, 1.82) is 0 Å². The van der Waals surface area contributed by atoms with Crippen molar-refractivity contribution in [3.05, 3.63) is 81.4 Å². The molecule has 0 saturated carbocycles. The van der Waals surface area contributed by atoms with Gasteiger partial charge in [0, 0.05) is 11.1 Å². The van der Waals surface area contributed by atoms with E-state index in [1.807, 2.05) is 0 Å². The number of hydrogen-bond acceptors (Lipinski definition) is 2. The molecule has 0 unspecified atom stereocenters. The zero-order chi connectivity index (χ0) is 18.6. The van der Waals surface area contributed by atoms with Crippen LogP contribution in [0, 0.1) is 11.6 Å². The Morgan fingerprint density at radius 3 is 1.96 bits per heavy atom. The molecule has 0 aromatic heterocycles. The predicted octanol–water partition coefficient (Wildman–Crippen LogP) is 5.85. The summed E-state index contributed by atoms with van der Waals surface area (Å²) in [6, 6.07) is 11.1. The third kappa shape index (κ3) is 2.45. The molecule has 2 nitrogen and oxygen atoms in total. The molecular formula is C20H8Cl2F2O2. The first-order valence-corrected chi connectivity index (χ1v) is 8.31. The molecule has 0 heterocycles. The maximum atomic E-state index is 13.9. The topological polar surface area (TPSA) is 34.1 Å². The minimum Gasteiger partial charge on any atom is -0.288 e. The van der Waals surface area contributed by atoms with E-state index in [1.165, 1.54) is 36.4 Å². The summed E-state index contributed by atoms with van der Waals surface area (Å²) in [7, 11) is 0. The monoisotopic (exact) mass is 388 g/mol. The van der Waals surface area contributed by atoms with Crippen LogP contribution in [-0.2, 0) is 0 Å². The molecule has 3 aromatic carbocycles. The van der Waals surface area contributed by atoms with Crippen LogP contribution < -0.4 is 0 Å². The molecule has 0 bridgehead atoms. The number of halogens is 4. The summed E-state index contributed by atoms with van der Waals surface area (Å²) in [6.45, 7) is 0. The van der Waals surface area contributed by atoms with Crippen LogP contribution in [0.15, 0.2) is 58.6 Å². The second kappa shape index (κ2) is 6.01. The van der Waals surface area contributed by atoms with Gasteiger partial charge in [0.25, 0.3) is 0 Å². The fraction of sp³-hybridized carbons (Fsp3) is 0. The second-order valence-corrected chi connectivity index (χ2v) is 6.59. The summed E-state index contributed by atoms with van der Waals surface area (Å²) < 4.78 is 27.1. The Kier molecular flexibility index (Phi) is 3.90. The van der Waals surface area contributed by atoms with E-state index in [1.54, 1.807) is 12.1 Å². The number of Topliss-reactive ketones (excluding diaryl/α,β-unsaturated/α-hetero) is 2. The standard InChI is InChI=1S/C20H8Cl2F2O2/c21-17-18(22)20(26)16-14-7-11(24)5-6-12(14)13(8-15(16)19(17)25)9-1-3-10(23)4-2-9/h1-8H. The second-order valence-electron chi connectivity index (χ2n) is 5.83. The van der Waals surface area contributed by atoms with E-state index in [9.17, 15) is 18.4 Å². The zero-order valence-corrected chi connectivity index (χ0v) is 14.5. The quantitative estimate of drug-likeness (QED) is 0.523. The summed E-state index contributed by atoms with van der Waals surface area (Å²) in [6.07, 6.45) is 0. The molecule has 0 atom stereocenters. The fourth-order valence-electron chi connectivity index (χ4n) is 3.12. The van der Waals surface area contributed by atoms with E-state index < -0.39 is 23.2 Å². The van der Waals surface area contributed by atoms with Gasteiger partial charge in [-0.3, -0.25) is 9.59 Å². The molecular weight excluding hydrogens is 381 g/mol. The van der Waals surface area contributed by atoms with Gasteiger partial charge in [-0.25, -0.2) is 8.78 Å². The average Bonchev–Trinajstić information content (AvgIpc) is 2.64. The Balaban J connectivity index is 2.14. The Bertz CT molecular complexity index is 1150. The lowest BCUT2D eigenvalue weighted by molar-refractivity contribution is 0.0988. The van der Waals surface area contributed by atoms with Crippen molar-refractivity contribution >= 4 is 45.5 Å². The van der Waals surface area contributed by atoms with Gasteiger partial charge in [-0.05, 0) is 52.2 Å². The van der Waals surface area contributed by atoms with E-state index in [0.29, 0.717) is 16.5 Å². The SMILES string of the molecule is O=C1C(Cl)=C(Cl)C(=O)c2c1cc(-c1ccc(F)cc1)c1ccc(F)cc21. The minimum atomic E-state index is -0.632. The molecule has 0 saturated heterocycles. The van der Waals surface area contributed by atoms with Crippen molar-refractivity contribution in [2.75, 3.05) is 0 Å². The van der Waals surface area contributed by atoms with E-state index in [2.05, 4.69) is 0 Å². The van der Waals surface area contributed by atoms with Crippen molar-refractivity contribution in [3.8, 4) is 11.1 Å². The van der Waals surface area contributed by atoms with Crippen molar-refractivity contribution in [2.24, 2.45) is 0 Å². The number of hydrogen-bond donors (Lipinski definition) is 0. The minimum absolute atomic E-state index is 0.0183. The first kappa shape index (κ1) is 16.9. The Hall–Kier alpha value is -2.56. The highest BCUT2D eigenvalue weighted by Crippen LogP contribution is 2.39. The predicted molar refractivity (Wildman–Crippen MR) is 96.7 cm³/mol. The average molecular weight is 389 g/mol. The molecule has 0 spiro atoms. The summed E-state index contributed by atoms with van der Waals surface area (Å²) in [4.78, 5) is 25.2. The molecule has 6 heteroatoms. The van der Waals surface area contributed by atoms with E-state index in [-0.39, 0.29) is 26.6 Å². The third-order valence-electron chi connectivity index (χ3n) is 4.32. The van der Waals surface area contributed by atoms with Crippen molar-refractivity contribution in [3.63, 3.8) is 0 Å². The van der Waals surface area contributed by atoms with Gasteiger partial charge >= 0.3 is 0 Å². The lowest BCUT2D eigenvalue weighted by atomic mass is 9.85. The molecule has 26 heavy (non-hydrogen) atoms.